The van der Waals surface area contributed by atoms with Gasteiger partial charge in [0.25, 0.3) is 0 Å². The van der Waals surface area contributed by atoms with E-state index in [-0.39, 0.29) is 5.91 Å². The van der Waals surface area contributed by atoms with Crippen LogP contribution in [-0.4, -0.2) is 82.2 Å². The van der Waals surface area contributed by atoms with E-state index in [9.17, 15) is 4.79 Å². The molecule has 196 valence electrons. The first kappa shape index (κ1) is 25.2. The maximum absolute atomic E-state index is 12.2. The highest BCUT2D eigenvalue weighted by molar-refractivity contribution is 5.76. The highest BCUT2D eigenvalue weighted by Crippen LogP contribution is 2.39. The summed E-state index contributed by atoms with van der Waals surface area (Å²) in [6, 6.07) is 11.9. The summed E-state index contributed by atoms with van der Waals surface area (Å²) in [5.41, 5.74) is 3.13. The molecule has 2 fully saturated rings. The number of benzene rings is 1. The highest BCUT2D eigenvalue weighted by atomic mass is 16.1. The molecule has 1 saturated heterocycles. The predicted molar refractivity (Wildman–Crippen MR) is 145 cm³/mol. The van der Waals surface area contributed by atoms with Crippen LogP contribution in [0.25, 0.3) is 0 Å². The number of aromatic nitrogens is 4. The third-order valence-electron chi connectivity index (χ3n) is 6.93. The molecule has 0 spiro atoms. The van der Waals surface area contributed by atoms with E-state index in [1.807, 2.05) is 36.4 Å². The Morgan fingerprint density at radius 2 is 1.89 bits per heavy atom. The predicted octanol–water partition coefficient (Wildman–Crippen LogP) is 3.25. The van der Waals surface area contributed by atoms with Crippen molar-refractivity contribution in [2.24, 2.45) is 0 Å². The van der Waals surface area contributed by atoms with Gasteiger partial charge in [-0.05, 0) is 63.0 Å². The maximum Gasteiger partial charge on any atom is 0.229 e. The molecule has 1 amide bonds. The number of amides is 1. The molecule has 2 aromatic heterocycles. The number of rotatable bonds is 12. The molecule has 3 heterocycles. The Morgan fingerprint density at radius 3 is 2.68 bits per heavy atom. The summed E-state index contributed by atoms with van der Waals surface area (Å²) < 4.78 is 0. The number of piperazine rings is 1. The summed E-state index contributed by atoms with van der Waals surface area (Å²) in [7, 11) is 2.17. The van der Waals surface area contributed by atoms with Crippen LogP contribution in [0.4, 0.5) is 23.3 Å². The van der Waals surface area contributed by atoms with Crippen LogP contribution in [0, 0.1) is 0 Å². The van der Waals surface area contributed by atoms with Crippen molar-refractivity contribution in [3.05, 3.63) is 53.9 Å². The van der Waals surface area contributed by atoms with Crippen LogP contribution in [0.3, 0.4) is 0 Å². The topological polar surface area (TPSA) is 114 Å². The Balaban J connectivity index is 1.02. The first-order valence-corrected chi connectivity index (χ1v) is 13.3. The number of aromatic amines is 1. The Kier molecular flexibility index (Phi) is 8.27. The van der Waals surface area contributed by atoms with Crippen molar-refractivity contribution in [2.45, 2.75) is 38.0 Å². The molecule has 1 aromatic carbocycles. The monoisotopic (exact) mass is 503 g/mol. The molecule has 2 aliphatic rings. The maximum atomic E-state index is 12.2. The molecule has 1 aliphatic carbocycles. The fraction of sp³-hybridized carbons (Fsp3) is 0.481. The fourth-order valence-corrected chi connectivity index (χ4v) is 4.45. The van der Waals surface area contributed by atoms with Gasteiger partial charge in [0.15, 0.2) is 0 Å². The van der Waals surface area contributed by atoms with E-state index in [0.29, 0.717) is 30.5 Å². The summed E-state index contributed by atoms with van der Waals surface area (Å²) in [5, 5.41) is 16.9. The summed E-state index contributed by atoms with van der Waals surface area (Å²) in [5.74, 6) is 2.74. The third kappa shape index (κ3) is 7.74. The lowest BCUT2D eigenvalue weighted by Gasteiger charge is -2.32. The molecule has 5 rings (SSSR count). The molecule has 4 N–H and O–H groups in total. The number of hydrogen-bond donors (Lipinski definition) is 4. The van der Waals surface area contributed by atoms with Crippen molar-refractivity contribution in [1.29, 1.82) is 0 Å². The van der Waals surface area contributed by atoms with Crippen LogP contribution in [0.1, 0.15) is 42.9 Å². The first-order valence-electron chi connectivity index (χ1n) is 13.3. The van der Waals surface area contributed by atoms with Gasteiger partial charge in [-0.1, -0.05) is 12.1 Å². The van der Waals surface area contributed by atoms with Crippen LogP contribution in [0.2, 0.25) is 0 Å². The molecule has 37 heavy (non-hydrogen) atoms. The number of anilines is 4. The van der Waals surface area contributed by atoms with Crippen molar-refractivity contribution < 1.29 is 4.79 Å². The van der Waals surface area contributed by atoms with Gasteiger partial charge in [0.2, 0.25) is 11.9 Å². The SMILES string of the molecule is CN1CCN(CCCNC(=O)CCc2ccc(Nc3nccc(Nc4cc(C5CC5)n[nH]4)n3)cc2)CC1. The van der Waals surface area contributed by atoms with E-state index < -0.39 is 0 Å². The van der Waals surface area contributed by atoms with Gasteiger partial charge < -0.3 is 25.8 Å². The molecule has 0 bridgehead atoms. The minimum absolute atomic E-state index is 0.111. The van der Waals surface area contributed by atoms with Gasteiger partial charge in [-0.25, -0.2) is 4.98 Å². The van der Waals surface area contributed by atoms with Crippen LogP contribution >= 0.6 is 0 Å². The largest absolute Gasteiger partial charge is 0.356 e. The minimum Gasteiger partial charge on any atom is -0.356 e. The van der Waals surface area contributed by atoms with Crippen molar-refractivity contribution in [3.63, 3.8) is 0 Å². The number of carbonyl (C=O) groups is 1. The van der Waals surface area contributed by atoms with E-state index in [4.69, 9.17) is 0 Å². The van der Waals surface area contributed by atoms with E-state index >= 15 is 0 Å². The number of nitrogens with one attached hydrogen (secondary N) is 4. The number of likely N-dealkylation sites (N-methyl/N-ethyl adjacent to an activating group) is 1. The molecule has 10 heteroatoms. The summed E-state index contributed by atoms with van der Waals surface area (Å²) >= 11 is 0. The smallest absolute Gasteiger partial charge is 0.229 e. The van der Waals surface area contributed by atoms with Crippen molar-refractivity contribution in [3.8, 4) is 0 Å². The normalized spacial score (nSPS) is 16.5. The van der Waals surface area contributed by atoms with Gasteiger partial charge >= 0.3 is 0 Å². The first-order chi connectivity index (χ1) is 18.1. The summed E-state index contributed by atoms with van der Waals surface area (Å²) in [6.45, 7) is 6.29. The van der Waals surface area contributed by atoms with Gasteiger partial charge in [-0.2, -0.15) is 10.1 Å². The average Bonchev–Trinajstić information content (AvgIpc) is 3.66. The summed E-state index contributed by atoms with van der Waals surface area (Å²) in [6.07, 6.45) is 6.36. The lowest BCUT2D eigenvalue weighted by atomic mass is 10.1. The molecule has 3 aromatic rings. The van der Waals surface area contributed by atoms with Gasteiger partial charge in [-0.15, -0.1) is 0 Å². The fourth-order valence-electron chi connectivity index (χ4n) is 4.45. The average molecular weight is 504 g/mol. The highest BCUT2D eigenvalue weighted by Gasteiger charge is 2.26. The van der Waals surface area contributed by atoms with Gasteiger partial charge in [0.05, 0.1) is 5.69 Å². The molecular weight excluding hydrogens is 466 g/mol. The van der Waals surface area contributed by atoms with E-state index in [0.717, 1.165) is 68.5 Å². The van der Waals surface area contributed by atoms with E-state index in [1.54, 1.807) is 6.20 Å². The Bertz CT molecular complexity index is 1150. The lowest BCUT2D eigenvalue weighted by molar-refractivity contribution is -0.121. The molecular formula is C27H37N9O. The second-order valence-corrected chi connectivity index (χ2v) is 10.0. The zero-order valence-corrected chi connectivity index (χ0v) is 21.5. The van der Waals surface area contributed by atoms with Crippen LogP contribution in [-0.2, 0) is 11.2 Å². The molecule has 0 atom stereocenters. The Morgan fingerprint density at radius 1 is 1.08 bits per heavy atom. The van der Waals surface area contributed by atoms with Gasteiger partial charge in [0, 0.05) is 63.0 Å². The molecule has 10 nitrogen and oxygen atoms in total. The van der Waals surface area contributed by atoms with E-state index in [2.05, 4.69) is 53.0 Å². The second kappa shape index (κ2) is 12.2. The Labute approximate surface area is 218 Å². The molecule has 1 aliphatic heterocycles. The number of H-pyrrole nitrogens is 1. The zero-order chi connectivity index (χ0) is 25.5. The number of aryl methyl sites for hydroxylation is 1. The van der Waals surface area contributed by atoms with Gasteiger partial charge in [-0.3, -0.25) is 9.89 Å². The molecule has 1 saturated carbocycles. The zero-order valence-electron chi connectivity index (χ0n) is 21.5. The van der Waals surface area contributed by atoms with Crippen molar-refractivity contribution >= 4 is 29.2 Å². The van der Waals surface area contributed by atoms with Crippen LogP contribution in [0.5, 0.6) is 0 Å². The van der Waals surface area contributed by atoms with Crippen LogP contribution in [0.15, 0.2) is 42.6 Å². The number of nitrogens with zero attached hydrogens (tertiary/aromatic N) is 5. The Hall–Kier alpha value is -3.50. The quantitative estimate of drug-likeness (QED) is 0.279. The number of carbonyl (C=O) groups excluding carboxylic acids is 1. The summed E-state index contributed by atoms with van der Waals surface area (Å²) in [4.78, 5) is 25.9. The second-order valence-electron chi connectivity index (χ2n) is 10.0. The van der Waals surface area contributed by atoms with Crippen molar-refractivity contribution in [1.82, 2.24) is 35.3 Å². The standard InChI is InChI=1S/C27H37N9O/c1-35-15-17-36(18-16-35)14-2-12-28-26(37)10-5-20-3-8-22(9-4-20)30-27-29-13-11-24(32-27)31-25-19-23(33-34-25)21-6-7-21/h3-4,8-9,11,13,19,21H,2,5-7,10,12,14-18H2,1H3,(H,28,37)(H3,29,30,31,32,33,34). The van der Waals surface area contributed by atoms with Crippen LogP contribution < -0.4 is 16.0 Å². The molecule has 0 unspecified atom stereocenters. The third-order valence-corrected chi connectivity index (χ3v) is 6.93. The van der Waals surface area contributed by atoms with Crippen molar-refractivity contribution in [2.75, 3.05) is 56.9 Å². The minimum atomic E-state index is 0.111. The van der Waals surface area contributed by atoms with E-state index in [1.165, 1.54) is 12.8 Å². The number of hydrogen-bond acceptors (Lipinski definition) is 8. The lowest BCUT2D eigenvalue weighted by Crippen LogP contribution is -2.45. The van der Waals surface area contributed by atoms with Gasteiger partial charge in [0.1, 0.15) is 11.6 Å². The molecule has 0 radical (unpaired) electrons.